The quantitative estimate of drug-likeness (QED) is 0.342. The summed E-state index contributed by atoms with van der Waals surface area (Å²) in [6, 6.07) is 14.5. The Hall–Kier alpha value is -2.08. The van der Waals surface area contributed by atoms with E-state index in [9.17, 15) is 10.1 Å². The number of ether oxygens (including phenoxy) is 1. The highest BCUT2D eigenvalue weighted by atomic mass is 127. The zero-order valence-corrected chi connectivity index (χ0v) is 17.7. The molecule has 1 heterocycles. The average molecular weight is 512 g/mol. The van der Waals surface area contributed by atoms with Crippen molar-refractivity contribution in [2.75, 3.05) is 6.61 Å². The maximum absolute atomic E-state index is 12.3. The largest absolute Gasteiger partial charge is 0.461 e. The van der Waals surface area contributed by atoms with Crippen molar-refractivity contribution in [2.45, 2.75) is 6.92 Å². The smallest absolute Gasteiger partial charge is 0.360 e. The summed E-state index contributed by atoms with van der Waals surface area (Å²) in [5.41, 5.74) is 1.75. The molecule has 0 saturated heterocycles. The number of esters is 1. The van der Waals surface area contributed by atoms with Crippen LogP contribution in [0.15, 0.2) is 42.5 Å². The molecule has 3 rings (SSSR count). The highest BCUT2D eigenvalue weighted by molar-refractivity contribution is 14.1. The summed E-state index contributed by atoms with van der Waals surface area (Å²) in [5, 5.41) is 14.9. The molecule has 0 atom stereocenters. The van der Waals surface area contributed by atoms with Crippen molar-refractivity contribution in [3.05, 3.63) is 67.3 Å². The fraction of sp³-hybridized carbons (Fsp3) is 0.105. The molecule has 136 valence electrons. The summed E-state index contributed by atoms with van der Waals surface area (Å²) in [5.74, 6) is -0.662. The van der Waals surface area contributed by atoms with E-state index in [0.717, 1.165) is 9.13 Å². The number of rotatable bonds is 4. The van der Waals surface area contributed by atoms with Crippen LogP contribution in [0.2, 0.25) is 10.0 Å². The Balaban J connectivity index is 2.32. The predicted octanol–water partition coefficient (Wildman–Crippen LogP) is 5.50. The van der Waals surface area contributed by atoms with E-state index in [2.05, 4.69) is 33.8 Å². The third kappa shape index (κ3) is 3.95. The van der Waals surface area contributed by atoms with Crippen LogP contribution in [-0.2, 0) is 4.74 Å². The Morgan fingerprint density at radius 1 is 1.26 bits per heavy atom. The summed E-state index contributed by atoms with van der Waals surface area (Å²) in [7, 11) is 0. The summed E-state index contributed by atoms with van der Waals surface area (Å²) in [6.45, 7) is 1.87. The third-order valence-corrected chi connectivity index (χ3v) is 4.98. The summed E-state index contributed by atoms with van der Waals surface area (Å²) >= 11 is 14.5. The molecular formula is C19H12Cl2IN3O2. The standard InChI is InChI=1S/C19H12Cl2IN3O2/c1-2-27-19(26)17-14(10-23)18(11-3-6-13(22)7-4-11)25(24-17)16-8-5-12(20)9-15(16)21/h3-9H,2H2,1H3. The van der Waals surface area contributed by atoms with E-state index in [-0.39, 0.29) is 17.9 Å². The molecule has 0 saturated carbocycles. The van der Waals surface area contributed by atoms with Gasteiger partial charge in [0.15, 0.2) is 5.69 Å². The van der Waals surface area contributed by atoms with Gasteiger partial charge in [-0.1, -0.05) is 35.3 Å². The molecule has 0 aliphatic heterocycles. The number of halogens is 3. The highest BCUT2D eigenvalue weighted by Crippen LogP contribution is 2.33. The van der Waals surface area contributed by atoms with Gasteiger partial charge in [-0.05, 0) is 59.8 Å². The van der Waals surface area contributed by atoms with Crippen LogP contribution in [0.5, 0.6) is 0 Å². The van der Waals surface area contributed by atoms with E-state index < -0.39 is 5.97 Å². The Morgan fingerprint density at radius 2 is 1.96 bits per heavy atom. The molecule has 0 fully saturated rings. The lowest BCUT2D eigenvalue weighted by Crippen LogP contribution is -2.08. The first-order valence-corrected chi connectivity index (χ1v) is 9.71. The number of hydrogen-bond acceptors (Lipinski definition) is 4. The normalized spacial score (nSPS) is 10.5. The molecule has 2 aromatic carbocycles. The predicted molar refractivity (Wildman–Crippen MR) is 112 cm³/mol. The van der Waals surface area contributed by atoms with Crippen molar-refractivity contribution in [1.82, 2.24) is 9.78 Å². The van der Waals surface area contributed by atoms with Crippen molar-refractivity contribution in [3.63, 3.8) is 0 Å². The van der Waals surface area contributed by atoms with Crippen molar-refractivity contribution < 1.29 is 9.53 Å². The van der Waals surface area contributed by atoms with Crippen LogP contribution < -0.4 is 0 Å². The van der Waals surface area contributed by atoms with Gasteiger partial charge in [0.2, 0.25) is 0 Å². The molecule has 27 heavy (non-hydrogen) atoms. The van der Waals surface area contributed by atoms with Gasteiger partial charge in [-0.3, -0.25) is 0 Å². The van der Waals surface area contributed by atoms with Crippen LogP contribution in [0.25, 0.3) is 16.9 Å². The second-order valence-electron chi connectivity index (χ2n) is 5.42. The molecule has 0 aliphatic rings. The molecule has 3 aromatic rings. The highest BCUT2D eigenvalue weighted by Gasteiger charge is 2.26. The van der Waals surface area contributed by atoms with Crippen LogP contribution in [0.1, 0.15) is 23.0 Å². The first-order chi connectivity index (χ1) is 13.0. The number of carbonyl (C=O) groups is 1. The molecule has 8 heteroatoms. The Bertz CT molecular complexity index is 1060. The molecule has 0 radical (unpaired) electrons. The molecule has 1 aromatic heterocycles. The molecule has 0 unspecified atom stereocenters. The summed E-state index contributed by atoms with van der Waals surface area (Å²) in [6.07, 6.45) is 0. The van der Waals surface area contributed by atoms with Gasteiger partial charge in [0.1, 0.15) is 11.6 Å². The Morgan fingerprint density at radius 3 is 2.56 bits per heavy atom. The van der Waals surface area contributed by atoms with E-state index >= 15 is 0 Å². The number of carbonyl (C=O) groups excluding carboxylic acids is 1. The van der Waals surface area contributed by atoms with Crippen molar-refractivity contribution in [2.24, 2.45) is 0 Å². The molecule has 5 nitrogen and oxygen atoms in total. The monoisotopic (exact) mass is 511 g/mol. The fourth-order valence-electron chi connectivity index (χ4n) is 2.57. The van der Waals surface area contributed by atoms with Gasteiger partial charge >= 0.3 is 5.97 Å². The summed E-state index contributed by atoms with van der Waals surface area (Å²) < 4.78 is 7.57. The van der Waals surface area contributed by atoms with Crippen LogP contribution in [-0.4, -0.2) is 22.4 Å². The lowest BCUT2D eigenvalue weighted by Gasteiger charge is -2.10. The SMILES string of the molecule is CCOC(=O)c1nn(-c2ccc(Cl)cc2Cl)c(-c2ccc(I)cc2)c1C#N. The van der Waals surface area contributed by atoms with Crippen LogP contribution in [0, 0.1) is 14.9 Å². The molecule has 0 bridgehead atoms. The van der Waals surface area contributed by atoms with Crippen LogP contribution >= 0.6 is 45.8 Å². The molecule has 0 amide bonds. The van der Waals surface area contributed by atoms with Crippen molar-refractivity contribution in [1.29, 1.82) is 5.26 Å². The van der Waals surface area contributed by atoms with Crippen molar-refractivity contribution >= 4 is 51.8 Å². The molecule has 0 spiro atoms. The van der Waals surface area contributed by atoms with Gasteiger partial charge in [0, 0.05) is 14.2 Å². The van der Waals surface area contributed by atoms with Crippen molar-refractivity contribution in [3.8, 4) is 23.0 Å². The topological polar surface area (TPSA) is 67.9 Å². The molecule has 0 N–H and O–H groups in total. The Kier molecular flexibility index (Phi) is 6.05. The number of benzene rings is 2. The average Bonchev–Trinajstić information content (AvgIpc) is 3.02. The lowest BCUT2D eigenvalue weighted by molar-refractivity contribution is 0.0518. The number of nitriles is 1. The maximum Gasteiger partial charge on any atom is 0.360 e. The number of nitrogens with zero attached hydrogens (tertiary/aromatic N) is 3. The Labute approximate surface area is 179 Å². The van der Waals surface area contributed by atoms with E-state index in [4.69, 9.17) is 27.9 Å². The first kappa shape index (κ1) is 19.7. The summed E-state index contributed by atoms with van der Waals surface area (Å²) in [4.78, 5) is 12.3. The van der Waals surface area contributed by atoms with E-state index in [1.807, 2.05) is 24.3 Å². The maximum atomic E-state index is 12.3. The second kappa shape index (κ2) is 8.30. The van der Waals surface area contributed by atoms with Crippen LogP contribution in [0.3, 0.4) is 0 Å². The van der Waals surface area contributed by atoms with E-state index in [0.29, 0.717) is 21.4 Å². The van der Waals surface area contributed by atoms with Gasteiger partial charge in [0.25, 0.3) is 0 Å². The van der Waals surface area contributed by atoms with Gasteiger partial charge in [0.05, 0.1) is 23.0 Å². The molecular weight excluding hydrogens is 500 g/mol. The minimum Gasteiger partial charge on any atom is -0.461 e. The number of hydrogen-bond donors (Lipinski definition) is 0. The molecule has 0 aliphatic carbocycles. The third-order valence-electron chi connectivity index (χ3n) is 3.72. The van der Waals surface area contributed by atoms with E-state index in [1.54, 1.807) is 25.1 Å². The number of aromatic nitrogens is 2. The zero-order chi connectivity index (χ0) is 19.6. The van der Waals surface area contributed by atoms with Gasteiger partial charge < -0.3 is 4.74 Å². The van der Waals surface area contributed by atoms with Gasteiger partial charge in [-0.2, -0.15) is 10.4 Å². The van der Waals surface area contributed by atoms with E-state index in [1.165, 1.54) is 4.68 Å². The lowest BCUT2D eigenvalue weighted by atomic mass is 10.1. The zero-order valence-electron chi connectivity index (χ0n) is 14.0. The first-order valence-electron chi connectivity index (χ1n) is 7.87. The minimum absolute atomic E-state index is 0.0566. The fourth-order valence-corrected chi connectivity index (χ4v) is 3.42. The van der Waals surface area contributed by atoms with Crippen LogP contribution in [0.4, 0.5) is 0 Å². The minimum atomic E-state index is -0.662. The second-order valence-corrected chi connectivity index (χ2v) is 7.51. The van der Waals surface area contributed by atoms with Gasteiger partial charge in [-0.15, -0.1) is 0 Å². The van der Waals surface area contributed by atoms with Gasteiger partial charge in [-0.25, -0.2) is 9.48 Å².